The predicted molar refractivity (Wildman–Crippen MR) is 96.3 cm³/mol. The molecule has 0 heterocycles. The molecular formula is C19H24N2O4. The minimum Gasteiger partial charge on any atom is -0.493 e. The van der Waals surface area contributed by atoms with E-state index in [0.29, 0.717) is 36.9 Å². The molecule has 2 aromatic rings. The molecule has 0 unspecified atom stereocenters. The highest BCUT2D eigenvalue weighted by atomic mass is 16.5. The van der Waals surface area contributed by atoms with Crippen molar-refractivity contribution in [1.82, 2.24) is 10.2 Å². The Morgan fingerprint density at radius 2 is 1.76 bits per heavy atom. The number of ether oxygens (including phenoxy) is 3. The lowest BCUT2D eigenvalue weighted by Crippen LogP contribution is -2.40. The minimum absolute atomic E-state index is 0.139. The van der Waals surface area contributed by atoms with Crippen molar-refractivity contribution in [3.8, 4) is 17.2 Å². The average molecular weight is 344 g/mol. The maximum absolute atomic E-state index is 12.1. The van der Waals surface area contributed by atoms with E-state index in [-0.39, 0.29) is 6.03 Å². The molecule has 0 saturated carbocycles. The van der Waals surface area contributed by atoms with Crippen LogP contribution in [0.25, 0.3) is 0 Å². The first-order chi connectivity index (χ1) is 12.2. The van der Waals surface area contributed by atoms with E-state index >= 15 is 0 Å². The van der Waals surface area contributed by atoms with Gasteiger partial charge < -0.3 is 24.4 Å². The molecular weight excluding hydrogens is 320 g/mol. The van der Waals surface area contributed by atoms with E-state index in [1.165, 1.54) is 0 Å². The molecule has 0 radical (unpaired) electrons. The first kappa shape index (κ1) is 18.4. The first-order valence-electron chi connectivity index (χ1n) is 8.03. The Morgan fingerprint density at radius 1 is 1.04 bits per heavy atom. The number of carbonyl (C=O) groups excluding carboxylic acids is 1. The zero-order valence-corrected chi connectivity index (χ0v) is 14.8. The normalized spacial score (nSPS) is 10.0. The second kappa shape index (κ2) is 9.42. The molecule has 0 bridgehead atoms. The zero-order chi connectivity index (χ0) is 18.1. The van der Waals surface area contributed by atoms with Crippen molar-refractivity contribution in [1.29, 1.82) is 0 Å². The summed E-state index contributed by atoms with van der Waals surface area (Å²) in [5.74, 6) is 1.91. The van der Waals surface area contributed by atoms with E-state index in [2.05, 4.69) is 5.32 Å². The molecule has 25 heavy (non-hydrogen) atoms. The second-order valence-corrected chi connectivity index (χ2v) is 5.33. The Balaban J connectivity index is 1.95. The van der Waals surface area contributed by atoms with Gasteiger partial charge in [0.25, 0.3) is 0 Å². The molecule has 0 aliphatic rings. The molecule has 2 aromatic carbocycles. The molecule has 0 aliphatic heterocycles. The average Bonchev–Trinajstić information content (AvgIpc) is 2.67. The van der Waals surface area contributed by atoms with Crippen LogP contribution in [-0.4, -0.2) is 45.3 Å². The van der Waals surface area contributed by atoms with Gasteiger partial charge in [0.15, 0.2) is 11.5 Å². The van der Waals surface area contributed by atoms with Gasteiger partial charge in [0.05, 0.1) is 20.8 Å². The van der Waals surface area contributed by atoms with Crippen molar-refractivity contribution in [3.05, 3.63) is 54.1 Å². The molecule has 1 N–H and O–H groups in total. The molecule has 0 fully saturated rings. The summed E-state index contributed by atoms with van der Waals surface area (Å²) in [6.45, 7) is 1.36. The molecule has 0 aromatic heterocycles. The van der Waals surface area contributed by atoms with Crippen molar-refractivity contribution in [3.63, 3.8) is 0 Å². The topological polar surface area (TPSA) is 60.0 Å². The van der Waals surface area contributed by atoms with Gasteiger partial charge in [-0.2, -0.15) is 0 Å². The fourth-order valence-corrected chi connectivity index (χ4v) is 2.39. The summed E-state index contributed by atoms with van der Waals surface area (Å²) in [6, 6.07) is 15.1. The largest absolute Gasteiger partial charge is 0.493 e. The third kappa shape index (κ3) is 5.31. The van der Waals surface area contributed by atoms with E-state index in [0.717, 1.165) is 5.56 Å². The summed E-state index contributed by atoms with van der Waals surface area (Å²) in [5, 5.41) is 2.66. The number of nitrogens with zero attached hydrogens (tertiary/aromatic N) is 1. The lowest BCUT2D eigenvalue weighted by atomic mass is 10.2. The maximum Gasteiger partial charge on any atom is 0.317 e. The summed E-state index contributed by atoms with van der Waals surface area (Å²) in [6.07, 6.45) is 0. The van der Waals surface area contributed by atoms with Crippen LogP contribution in [0.4, 0.5) is 4.79 Å². The Bertz CT molecular complexity index is 676. The highest BCUT2D eigenvalue weighted by molar-refractivity contribution is 5.73. The molecule has 6 nitrogen and oxygen atoms in total. The molecule has 2 rings (SSSR count). The van der Waals surface area contributed by atoms with E-state index < -0.39 is 0 Å². The fraction of sp³-hybridized carbons (Fsp3) is 0.316. The van der Waals surface area contributed by atoms with Crippen molar-refractivity contribution in [2.24, 2.45) is 0 Å². The van der Waals surface area contributed by atoms with Gasteiger partial charge in [-0.1, -0.05) is 30.3 Å². The van der Waals surface area contributed by atoms with Crippen LogP contribution in [0.3, 0.4) is 0 Å². The molecule has 0 aliphatic carbocycles. The summed E-state index contributed by atoms with van der Waals surface area (Å²) in [7, 11) is 4.79. The van der Waals surface area contributed by atoms with Crippen LogP contribution in [0.2, 0.25) is 0 Å². The number of rotatable bonds is 8. The van der Waals surface area contributed by atoms with E-state index in [1.807, 2.05) is 36.4 Å². The number of hydrogen-bond acceptors (Lipinski definition) is 4. The molecule has 0 saturated heterocycles. The quantitative estimate of drug-likeness (QED) is 0.800. The molecule has 6 heteroatoms. The van der Waals surface area contributed by atoms with Gasteiger partial charge in [0.1, 0.15) is 12.4 Å². The smallest absolute Gasteiger partial charge is 0.317 e. The van der Waals surface area contributed by atoms with Crippen LogP contribution in [0.1, 0.15) is 5.56 Å². The lowest BCUT2D eigenvalue weighted by molar-refractivity contribution is 0.181. The Hall–Kier alpha value is -2.89. The van der Waals surface area contributed by atoms with Gasteiger partial charge >= 0.3 is 6.03 Å². The number of methoxy groups -OCH3 is 2. The SMILES string of the molecule is CNC(=O)N(CCOc1ccc(OC)c(OC)c1)Cc1ccccc1. The fourth-order valence-electron chi connectivity index (χ4n) is 2.39. The lowest BCUT2D eigenvalue weighted by Gasteiger charge is -2.22. The number of benzene rings is 2. The molecule has 2 amide bonds. The summed E-state index contributed by atoms with van der Waals surface area (Å²) in [5.41, 5.74) is 1.07. The Morgan fingerprint density at radius 3 is 2.40 bits per heavy atom. The first-order valence-corrected chi connectivity index (χ1v) is 8.03. The van der Waals surface area contributed by atoms with E-state index in [1.54, 1.807) is 38.3 Å². The number of nitrogens with one attached hydrogen (secondary N) is 1. The van der Waals surface area contributed by atoms with Crippen molar-refractivity contribution < 1.29 is 19.0 Å². The van der Waals surface area contributed by atoms with Gasteiger partial charge in [0, 0.05) is 19.7 Å². The number of amides is 2. The van der Waals surface area contributed by atoms with Gasteiger partial charge in [0.2, 0.25) is 0 Å². The van der Waals surface area contributed by atoms with Gasteiger partial charge in [-0.3, -0.25) is 0 Å². The van der Waals surface area contributed by atoms with Crippen LogP contribution in [-0.2, 0) is 6.54 Å². The third-order valence-electron chi connectivity index (χ3n) is 3.70. The molecule has 0 atom stereocenters. The minimum atomic E-state index is -0.139. The monoisotopic (exact) mass is 344 g/mol. The van der Waals surface area contributed by atoms with Gasteiger partial charge in [-0.25, -0.2) is 4.79 Å². The molecule has 0 spiro atoms. The highest BCUT2D eigenvalue weighted by Gasteiger charge is 2.13. The number of hydrogen-bond donors (Lipinski definition) is 1. The predicted octanol–water partition coefficient (Wildman–Crippen LogP) is 2.92. The van der Waals surface area contributed by atoms with Gasteiger partial charge in [-0.15, -0.1) is 0 Å². The van der Waals surface area contributed by atoms with E-state index in [9.17, 15) is 4.79 Å². The van der Waals surface area contributed by atoms with Crippen molar-refractivity contribution in [2.75, 3.05) is 34.4 Å². The van der Waals surface area contributed by atoms with E-state index in [4.69, 9.17) is 14.2 Å². The maximum atomic E-state index is 12.1. The number of carbonyl (C=O) groups is 1. The van der Waals surface area contributed by atoms with Crippen LogP contribution in [0, 0.1) is 0 Å². The summed E-state index contributed by atoms with van der Waals surface area (Å²) in [4.78, 5) is 13.8. The van der Waals surface area contributed by atoms with Crippen LogP contribution in [0.5, 0.6) is 17.2 Å². The van der Waals surface area contributed by atoms with Crippen molar-refractivity contribution in [2.45, 2.75) is 6.54 Å². The summed E-state index contributed by atoms with van der Waals surface area (Å²) >= 11 is 0. The standard InChI is InChI=1S/C19H24N2O4/c1-20-19(22)21(14-15-7-5-4-6-8-15)11-12-25-16-9-10-17(23-2)18(13-16)24-3/h4-10,13H,11-12,14H2,1-3H3,(H,20,22). The highest BCUT2D eigenvalue weighted by Crippen LogP contribution is 2.30. The van der Waals surface area contributed by atoms with Crippen LogP contribution in [0.15, 0.2) is 48.5 Å². The second-order valence-electron chi connectivity index (χ2n) is 5.33. The molecule has 134 valence electrons. The van der Waals surface area contributed by atoms with Crippen LogP contribution >= 0.6 is 0 Å². The van der Waals surface area contributed by atoms with Gasteiger partial charge in [-0.05, 0) is 17.7 Å². The Kier molecular flexibility index (Phi) is 6.95. The number of urea groups is 1. The zero-order valence-electron chi connectivity index (χ0n) is 14.8. The summed E-state index contributed by atoms with van der Waals surface area (Å²) < 4.78 is 16.2. The third-order valence-corrected chi connectivity index (χ3v) is 3.70. The Labute approximate surface area is 148 Å². The van der Waals surface area contributed by atoms with Crippen LogP contribution < -0.4 is 19.5 Å². The van der Waals surface area contributed by atoms with Crippen molar-refractivity contribution >= 4 is 6.03 Å².